The summed E-state index contributed by atoms with van der Waals surface area (Å²) >= 11 is 0. The molecule has 0 bridgehead atoms. The molecule has 1 atom stereocenters. The van der Waals surface area contributed by atoms with Gasteiger partial charge in [-0.15, -0.1) is 0 Å². The Morgan fingerprint density at radius 2 is 1.96 bits per heavy atom. The molecule has 0 saturated carbocycles. The van der Waals surface area contributed by atoms with Gasteiger partial charge in [-0.3, -0.25) is 4.79 Å². The summed E-state index contributed by atoms with van der Waals surface area (Å²) in [6.45, 7) is 7.29. The lowest BCUT2D eigenvalue weighted by Crippen LogP contribution is -2.38. The lowest BCUT2D eigenvalue weighted by atomic mass is 9.92. The van der Waals surface area contributed by atoms with E-state index in [1.807, 2.05) is 26.8 Å². The zero-order valence-electron chi connectivity index (χ0n) is 15.3. The zero-order chi connectivity index (χ0) is 17.4. The van der Waals surface area contributed by atoms with Crippen molar-refractivity contribution in [1.82, 2.24) is 5.32 Å². The topological polar surface area (TPSA) is 47.6 Å². The Hall–Kier alpha value is -1.55. The van der Waals surface area contributed by atoms with E-state index in [1.165, 1.54) is 24.0 Å². The monoisotopic (exact) mass is 333 g/mol. The van der Waals surface area contributed by atoms with E-state index in [0.717, 1.165) is 25.0 Å². The number of aryl methyl sites for hydroxylation is 2. The summed E-state index contributed by atoms with van der Waals surface area (Å²) in [5, 5.41) is 2.95. The van der Waals surface area contributed by atoms with Crippen LogP contribution >= 0.6 is 0 Å². The molecule has 0 spiro atoms. The van der Waals surface area contributed by atoms with Crippen molar-refractivity contribution in [3.05, 3.63) is 29.3 Å². The number of carbonyl (C=O) groups excluding carboxylic acids is 1. The average Bonchev–Trinajstić information content (AvgIpc) is 2.58. The van der Waals surface area contributed by atoms with Crippen LogP contribution in [0.3, 0.4) is 0 Å². The van der Waals surface area contributed by atoms with Crippen molar-refractivity contribution >= 4 is 5.91 Å². The Bertz CT molecular complexity index is 528. The highest BCUT2D eigenvalue weighted by atomic mass is 16.5. The second-order valence-corrected chi connectivity index (χ2v) is 6.72. The highest BCUT2D eigenvalue weighted by Gasteiger charge is 2.19. The van der Waals surface area contributed by atoms with E-state index < -0.39 is 6.10 Å². The predicted octanol–water partition coefficient (Wildman–Crippen LogP) is 3.65. The van der Waals surface area contributed by atoms with Crippen LogP contribution in [0.25, 0.3) is 0 Å². The van der Waals surface area contributed by atoms with E-state index in [2.05, 4.69) is 17.4 Å². The van der Waals surface area contributed by atoms with Gasteiger partial charge < -0.3 is 14.8 Å². The molecule has 4 nitrogen and oxygen atoms in total. The summed E-state index contributed by atoms with van der Waals surface area (Å²) < 4.78 is 11.4. The van der Waals surface area contributed by atoms with E-state index in [4.69, 9.17) is 9.47 Å². The van der Waals surface area contributed by atoms with Crippen molar-refractivity contribution in [3.8, 4) is 5.75 Å². The van der Waals surface area contributed by atoms with Gasteiger partial charge in [-0.05, 0) is 75.6 Å². The van der Waals surface area contributed by atoms with Gasteiger partial charge in [-0.2, -0.15) is 0 Å². The maximum Gasteiger partial charge on any atom is 0.261 e. The standard InChI is InChI=1S/C20H31NO3/c1-4-19(20(22)21-12-7-13-23-15(2)3)24-18-11-10-16-8-5-6-9-17(16)14-18/h10-11,14-15,19H,4-9,12-13H2,1-3H3,(H,21,22)/t19-/m0/s1. The minimum absolute atomic E-state index is 0.0419. The Morgan fingerprint density at radius 1 is 1.21 bits per heavy atom. The van der Waals surface area contributed by atoms with Crippen LogP contribution in [0.15, 0.2) is 18.2 Å². The fourth-order valence-electron chi connectivity index (χ4n) is 2.99. The van der Waals surface area contributed by atoms with Crippen LogP contribution in [-0.2, 0) is 22.4 Å². The summed E-state index contributed by atoms with van der Waals surface area (Å²) in [5.41, 5.74) is 2.80. The van der Waals surface area contributed by atoms with Crippen LogP contribution in [0.2, 0.25) is 0 Å². The minimum atomic E-state index is -0.433. The largest absolute Gasteiger partial charge is 0.481 e. The first-order valence-corrected chi connectivity index (χ1v) is 9.28. The first-order chi connectivity index (χ1) is 11.6. The molecule has 0 aliphatic heterocycles. The number of hydrogen-bond donors (Lipinski definition) is 1. The molecule has 24 heavy (non-hydrogen) atoms. The van der Waals surface area contributed by atoms with Crippen molar-refractivity contribution in [2.75, 3.05) is 13.2 Å². The summed E-state index contributed by atoms with van der Waals surface area (Å²) in [6, 6.07) is 6.26. The van der Waals surface area contributed by atoms with Crippen LogP contribution in [0.5, 0.6) is 5.75 Å². The lowest BCUT2D eigenvalue weighted by molar-refractivity contribution is -0.128. The fraction of sp³-hybridized carbons (Fsp3) is 0.650. The number of rotatable bonds is 9. The molecule has 1 aliphatic carbocycles. The second kappa shape index (κ2) is 9.67. The number of fused-ring (bicyclic) bond motifs is 1. The van der Waals surface area contributed by atoms with Crippen molar-refractivity contribution in [2.24, 2.45) is 0 Å². The average molecular weight is 333 g/mol. The van der Waals surface area contributed by atoms with Crippen molar-refractivity contribution in [2.45, 2.75) is 71.5 Å². The Kier molecular flexibility index (Phi) is 7.57. The maximum atomic E-state index is 12.3. The molecule has 0 radical (unpaired) electrons. The van der Waals surface area contributed by atoms with Crippen LogP contribution in [0, 0.1) is 0 Å². The van der Waals surface area contributed by atoms with Crippen LogP contribution in [0.4, 0.5) is 0 Å². The van der Waals surface area contributed by atoms with Crippen LogP contribution in [-0.4, -0.2) is 31.3 Å². The van der Waals surface area contributed by atoms with Gasteiger partial charge in [0.15, 0.2) is 6.10 Å². The number of hydrogen-bond acceptors (Lipinski definition) is 3. The maximum absolute atomic E-state index is 12.3. The van der Waals surface area contributed by atoms with Gasteiger partial charge in [0.25, 0.3) is 5.91 Å². The molecule has 0 aromatic heterocycles. The highest BCUT2D eigenvalue weighted by Crippen LogP contribution is 2.26. The summed E-state index contributed by atoms with van der Waals surface area (Å²) in [7, 11) is 0. The van der Waals surface area contributed by atoms with Gasteiger partial charge in [-0.25, -0.2) is 0 Å². The number of ether oxygens (including phenoxy) is 2. The van der Waals surface area contributed by atoms with Gasteiger partial charge in [0.2, 0.25) is 0 Å². The van der Waals surface area contributed by atoms with E-state index in [-0.39, 0.29) is 12.0 Å². The molecule has 1 amide bonds. The normalized spacial score (nSPS) is 15.0. The van der Waals surface area contributed by atoms with Gasteiger partial charge in [-0.1, -0.05) is 13.0 Å². The Balaban J connectivity index is 1.81. The predicted molar refractivity (Wildman–Crippen MR) is 96.5 cm³/mol. The summed E-state index contributed by atoms with van der Waals surface area (Å²) in [6.07, 6.45) is 6.07. The van der Waals surface area contributed by atoms with Gasteiger partial charge in [0, 0.05) is 13.2 Å². The summed E-state index contributed by atoms with van der Waals surface area (Å²) in [4.78, 5) is 12.3. The van der Waals surface area contributed by atoms with Crippen molar-refractivity contribution < 1.29 is 14.3 Å². The molecule has 134 valence electrons. The van der Waals surface area contributed by atoms with Crippen LogP contribution < -0.4 is 10.1 Å². The van der Waals surface area contributed by atoms with Crippen molar-refractivity contribution in [3.63, 3.8) is 0 Å². The lowest BCUT2D eigenvalue weighted by Gasteiger charge is -2.20. The van der Waals surface area contributed by atoms with Gasteiger partial charge in [0.05, 0.1) is 6.10 Å². The number of benzene rings is 1. The van der Waals surface area contributed by atoms with Crippen LogP contribution in [0.1, 0.15) is 57.6 Å². The third kappa shape index (κ3) is 5.82. The van der Waals surface area contributed by atoms with E-state index in [9.17, 15) is 4.79 Å². The Morgan fingerprint density at radius 3 is 2.67 bits per heavy atom. The molecular weight excluding hydrogens is 302 g/mol. The third-order valence-corrected chi connectivity index (χ3v) is 4.33. The minimum Gasteiger partial charge on any atom is -0.481 e. The van der Waals surface area contributed by atoms with Crippen molar-refractivity contribution in [1.29, 1.82) is 0 Å². The molecule has 0 unspecified atom stereocenters. The number of nitrogens with one attached hydrogen (secondary N) is 1. The Labute approximate surface area is 145 Å². The molecular formula is C20H31NO3. The first kappa shape index (κ1) is 18.8. The quantitative estimate of drug-likeness (QED) is 0.702. The first-order valence-electron chi connectivity index (χ1n) is 9.28. The third-order valence-electron chi connectivity index (χ3n) is 4.33. The molecule has 4 heteroatoms. The summed E-state index contributed by atoms with van der Waals surface area (Å²) in [5.74, 6) is 0.764. The molecule has 0 fully saturated rings. The molecule has 0 saturated heterocycles. The smallest absolute Gasteiger partial charge is 0.261 e. The van der Waals surface area contributed by atoms with Gasteiger partial charge in [0.1, 0.15) is 5.75 Å². The molecule has 0 heterocycles. The molecule has 1 aromatic carbocycles. The van der Waals surface area contributed by atoms with E-state index in [0.29, 0.717) is 19.6 Å². The molecule has 1 aliphatic rings. The molecule has 1 aromatic rings. The number of carbonyl (C=O) groups is 1. The van der Waals surface area contributed by atoms with E-state index >= 15 is 0 Å². The zero-order valence-corrected chi connectivity index (χ0v) is 15.3. The molecule has 1 N–H and O–H groups in total. The fourth-order valence-corrected chi connectivity index (χ4v) is 2.99. The molecule has 2 rings (SSSR count). The SMILES string of the molecule is CC[C@H](Oc1ccc2c(c1)CCCC2)C(=O)NCCCOC(C)C. The van der Waals surface area contributed by atoms with E-state index in [1.54, 1.807) is 0 Å². The van der Waals surface area contributed by atoms with Gasteiger partial charge >= 0.3 is 0 Å². The second-order valence-electron chi connectivity index (χ2n) is 6.72. The highest BCUT2D eigenvalue weighted by molar-refractivity contribution is 5.81. The number of amides is 1.